The highest BCUT2D eigenvalue weighted by atomic mass is 16.5. The summed E-state index contributed by atoms with van der Waals surface area (Å²) in [4.78, 5) is 7.35. The van der Waals surface area contributed by atoms with Crippen molar-refractivity contribution in [2.75, 3.05) is 13.7 Å². The van der Waals surface area contributed by atoms with Crippen molar-refractivity contribution in [3.05, 3.63) is 35.3 Å². The molecule has 0 aliphatic carbocycles. The van der Waals surface area contributed by atoms with Crippen LogP contribution in [-0.4, -0.2) is 28.8 Å². The van der Waals surface area contributed by atoms with E-state index in [2.05, 4.69) is 16.0 Å². The highest BCUT2D eigenvalue weighted by Crippen LogP contribution is 2.29. The van der Waals surface area contributed by atoms with Crippen LogP contribution in [0, 0.1) is 13.8 Å². The first-order valence-electron chi connectivity index (χ1n) is 6.13. The Hall–Kier alpha value is -1.85. The Balaban J connectivity index is 2.42. The van der Waals surface area contributed by atoms with Crippen LogP contribution >= 0.6 is 0 Å². The molecule has 0 aliphatic heterocycles. The molecule has 19 heavy (non-hydrogen) atoms. The minimum atomic E-state index is -0.478. The average molecular weight is 261 g/mol. The quantitative estimate of drug-likeness (QED) is 0.782. The van der Waals surface area contributed by atoms with Gasteiger partial charge in [-0.15, -0.1) is 0 Å². The molecule has 1 heterocycles. The molecule has 0 saturated carbocycles. The van der Waals surface area contributed by atoms with Crippen molar-refractivity contribution in [2.24, 2.45) is 5.73 Å². The summed E-state index contributed by atoms with van der Waals surface area (Å²) in [6.45, 7) is 3.88. The van der Waals surface area contributed by atoms with Gasteiger partial charge >= 0.3 is 0 Å². The van der Waals surface area contributed by atoms with Gasteiger partial charge in [0, 0.05) is 5.56 Å². The van der Waals surface area contributed by atoms with Gasteiger partial charge in [-0.2, -0.15) is 0 Å². The fourth-order valence-electron chi connectivity index (χ4n) is 2.05. The second-order valence-electron chi connectivity index (χ2n) is 4.61. The lowest BCUT2D eigenvalue weighted by molar-refractivity contribution is 0.264. The Kier molecular flexibility index (Phi) is 3.87. The molecule has 1 atom stereocenters. The standard InChI is InChI=1S/C14H19N3O2/c1-8-5-13(19-3)9(2)4-10(8)12-6-16-14(17-12)11(15)7-18/h4-6,11,18H,7,15H2,1-3H3,(H,16,17). The van der Waals surface area contributed by atoms with E-state index in [1.54, 1.807) is 13.3 Å². The number of nitrogens with one attached hydrogen (secondary N) is 1. The first-order valence-corrected chi connectivity index (χ1v) is 6.13. The van der Waals surface area contributed by atoms with Gasteiger partial charge in [-0.3, -0.25) is 0 Å². The van der Waals surface area contributed by atoms with E-state index in [0.29, 0.717) is 5.82 Å². The van der Waals surface area contributed by atoms with E-state index >= 15 is 0 Å². The number of H-pyrrole nitrogens is 1. The van der Waals surface area contributed by atoms with Gasteiger partial charge in [-0.05, 0) is 37.1 Å². The third kappa shape index (κ3) is 2.62. The van der Waals surface area contributed by atoms with Gasteiger partial charge in [0.15, 0.2) is 0 Å². The van der Waals surface area contributed by atoms with Crippen molar-refractivity contribution in [1.82, 2.24) is 9.97 Å². The molecule has 0 radical (unpaired) electrons. The van der Waals surface area contributed by atoms with Gasteiger partial charge in [0.1, 0.15) is 11.6 Å². The summed E-state index contributed by atoms with van der Waals surface area (Å²) in [6.07, 6.45) is 1.74. The topological polar surface area (TPSA) is 84.2 Å². The number of rotatable bonds is 4. The van der Waals surface area contributed by atoms with Crippen LogP contribution in [0.15, 0.2) is 18.3 Å². The summed E-state index contributed by atoms with van der Waals surface area (Å²) in [5.74, 6) is 1.46. The molecule has 0 spiro atoms. The fraction of sp³-hybridized carbons (Fsp3) is 0.357. The minimum absolute atomic E-state index is 0.131. The Labute approximate surface area is 112 Å². The summed E-state index contributed by atoms with van der Waals surface area (Å²) in [6, 6.07) is 3.57. The number of aliphatic hydroxyl groups excluding tert-OH is 1. The molecule has 1 aromatic carbocycles. The smallest absolute Gasteiger partial charge is 0.125 e. The van der Waals surface area contributed by atoms with Crippen LogP contribution in [0.4, 0.5) is 0 Å². The molecular weight excluding hydrogens is 242 g/mol. The molecule has 1 aromatic heterocycles. The van der Waals surface area contributed by atoms with Crippen LogP contribution in [-0.2, 0) is 0 Å². The number of methoxy groups -OCH3 is 1. The predicted molar refractivity (Wildman–Crippen MR) is 74.1 cm³/mol. The second kappa shape index (κ2) is 5.42. The predicted octanol–water partition coefficient (Wildman–Crippen LogP) is 1.69. The average Bonchev–Trinajstić information content (AvgIpc) is 2.89. The maximum absolute atomic E-state index is 9.03. The number of nitrogens with two attached hydrogens (primary N) is 1. The number of hydrogen-bond acceptors (Lipinski definition) is 4. The molecule has 0 saturated heterocycles. The van der Waals surface area contributed by atoms with Crippen molar-refractivity contribution in [3.63, 3.8) is 0 Å². The van der Waals surface area contributed by atoms with E-state index < -0.39 is 6.04 Å². The van der Waals surface area contributed by atoms with Crippen LogP contribution in [0.1, 0.15) is 23.0 Å². The number of hydrogen-bond donors (Lipinski definition) is 3. The van der Waals surface area contributed by atoms with E-state index in [9.17, 15) is 0 Å². The van der Waals surface area contributed by atoms with E-state index in [1.807, 2.05) is 19.9 Å². The van der Waals surface area contributed by atoms with Gasteiger partial charge in [-0.25, -0.2) is 4.98 Å². The van der Waals surface area contributed by atoms with Gasteiger partial charge in [-0.1, -0.05) is 0 Å². The normalized spacial score (nSPS) is 12.5. The number of nitrogens with zero attached hydrogens (tertiary/aromatic N) is 1. The SMILES string of the molecule is COc1cc(C)c(-c2cnc(C(N)CO)[nH]2)cc1C. The van der Waals surface area contributed by atoms with Gasteiger partial charge < -0.3 is 20.6 Å². The Morgan fingerprint density at radius 1 is 1.37 bits per heavy atom. The maximum atomic E-state index is 9.03. The number of imidazole rings is 1. The Bertz CT molecular complexity index is 578. The van der Waals surface area contributed by atoms with E-state index in [4.69, 9.17) is 15.6 Å². The molecule has 0 amide bonds. The monoisotopic (exact) mass is 261 g/mol. The third-order valence-corrected chi connectivity index (χ3v) is 3.18. The molecule has 4 N–H and O–H groups in total. The summed E-state index contributed by atoms with van der Waals surface area (Å²) >= 11 is 0. The molecule has 0 fully saturated rings. The minimum Gasteiger partial charge on any atom is -0.496 e. The zero-order chi connectivity index (χ0) is 14.0. The summed E-state index contributed by atoms with van der Waals surface area (Å²) in [7, 11) is 1.66. The molecule has 5 heteroatoms. The van der Waals surface area contributed by atoms with Crippen molar-refractivity contribution >= 4 is 0 Å². The Morgan fingerprint density at radius 2 is 2.11 bits per heavy atom. The lowest BCUT2D eigenvalue weighted by atomic mass is 10.0. The molecule has 5 nitrogen and oxygen atoms in total. The van der Waals surface area contributed by atoms with Gasteiger partial charge in [0.2, 0.25) is 0 Å². The second-order valence-corrected chi connectivity index (χ2v) is 4.61. The first-order chi connectivity index (χ1) is 9.06. The number of aromatic nitrogens is 2. The number of aryl methyl sites for hydroxylation is 2. The zero-order valence-corrected chi connectivity index (χ0v) is 11.4. The van der Waals surface area contributed by atoms with Crippen molar-refractivity contribution < 1.29 is 9.84 Å². The van der Waals surface area contributed by atoms with Crippen LogP contribution in [0.25, 0.3) is 11.3 Å². The largest absolute Gasteiger partial charge is 0.496 e. The van der Waals surface area contributed by atoms with Gasteiger partial charge in [0.05, 0.1) is 31.6 Å². The van der Waals surface area contributed by atoms with Crippen molar-refractivity contribution in [1.29, 1.82) is 0 Å². The number of ether oxygens (including phenoxy) is 1. The van der Waals surface area contributed by atoms with Crippen LogP contribution in [0.3, 0.4) is 0 Å². The van der Waals surface area contributed by atoms with Crippen LogP contribution in [0.2, 0.25) is 0 Å². The summed E-state index contributed by atoms with van der Waals surface area (Å²) < 4.78 is 5.30. The number of aromatic amines is 1. The first kappa shape index (κ1) is 13.6. The highest BCUT2D eigenvalue weighted by molar-refractivity contribution is 5.66. The molecule has 2 aromatic rings. The molecule has 102 valence electrons. The summed E-state index contributed by atoms with van der Waals surface area (Å²) in [5, 5.41) is 9.03. The molecule has 0 aliphatic rings. The zero-order valence-electron chi connectivity index (χ0n) is 11.4. The van der Waals surface area contributed by atoms with E-state index in [-0.39, 0.29) is 6.61 Å². The lowest BCUT2D eigenvalue weighted by Crippen LogP contribution is -2.15. The van der Waals surface area contributed by atoms with Crippen LogP contribution in [0.5, 0.6) is 5.75 Å². The Morgan fingerprint density at radius 3 is 2.74 bits per heavy atom. The lowest BCUT2D eigenvalue weighted by Gasteiger charge is -2.10. The maximum Gasteiger partial charge on any atom is 0.125 e. The molecular formula is C14H19N3O2. The van der Waals surface area contributed by atoms with E-state index in [0.717, 1.165) is 28.1 Å². The van der Waals surface area contributed by atoms with Crippen molar-refractivity contribution in [2.45, 2.75) is 19.9 Å². The van der Waals surface area contributed by atoms with Crippen LogP contribution < -0.4 is 10.5 Å². The number of benzene rings is 1. The summed E-state index contributed by atoms with van der Waals surface area (Å²) in [5.41, 5.74) is 9.84. The molecule has 1 unspecified atom stereocenters. The molecule has 2 rings (SSSR count). The number of aliphatic hydroxyl groups is 1. The highest BCUT2D eigenvalue weighted by Gasteiger charge is 2.12. The van der Waals surface area contributed by atoms with Crippen molar-refractivity contribution in [3.8, 4) is 17.0 Å². The van der Waals surface area contributed by atoms with Gasteiger partial charge in [0.25, 0.3) is 0 Å². The third-order valence-electron chi connectivity index (χ3n) is 3.18. The molecule has 0 bridgehead atoms. The van der Waals surface area contributed by atoms with E-state index in [1.165, 1.54) is 0 Å². The fourth-order valence-corrected chi connectivity index (χ4v) is 2.05.